The summed E-state index contributed by atoms with van der Waals surface area (Å²) in [7, 11) is 0. The lowest BCUT2D eigenvalue weighted by atomic mass is 10.1. The van der Waals surface area contributed by atoms with Crippen LogP contribution < -0.4 is 5.32 Å². The van der Waals surface area contributed by atoms with Gasteiger partial charge in [-0.05, 0) is 19.1 Å². The van der Waals surface area contributed by atoms with Crippen molar-refractivity contribution < 1.29 is 27.7 Å². The Morgan fingerprint density at radius 1 is 1.32 bits per heavy atom. The number of ketones is 1. The molecule has 0 spiro atoms. The molecule has 19 heavy (non-hydrogen) atoms. The van der Waals surface area contributed by atoms with Crippen molar-refractivity contribution in [2.75, 3.05) is 5.32 Å². The fraction of sp³-hybridized carbons (Fsp3) is 0.200. The Kier molecular flexibility index (Phi) is 3.88. The lowest BCUT2D eigenvalue weighted by Gasteiger charge is -2.08. The second-order valence-electron chi connectivity index (χ2n) is 3.50. The van der Waals surface area contributed by atoms with Crippen molar-refractivity contribution in [3.63, 3.8) is 0 Å². The quantitative estimate of drug-likeness (QED) is 0.521. The molecular formula is C10H7F3N2O4. The number of halogens is 3. The normalized spacial score (nSPS) is 10.9. The van der Waals surface area contributed by atoms with Crippen LogP contribution in [0, 0.1) is 10.1 Å². The maximum Gasteiger partial charge on any atom is 0.471 e. The summed E-state index contributed by atoms with van der Waals surface area (Å²) >= 11 is 0. The van der Waals surface area contributed by atoms with Gasteiger partial charge in [-0.1, -0.05) is 0 Å². The number of nitrogens with zero attached hydrogens (tertiary/aromatic N) is 1. The first kappa shape index (κ1) is 14.6. The first-order valence-electron chi connectivity index (χ1n) is 4.80. The number of Topliss-reactive ketones (excluding diaryl/α,β-unsaturated/α-hetero) is 1. The Hall–Kier alpha value is -2.45. The first-order valence-corrected chi connectivity index (χ1v) is 4.80. The molecule has 1 aromatic carbocycles. The van der Waals surface area contributed by atoms with Gasteiger partial charge < -0.3 is 5.32 Å². The highest BCUT2D eigenvalue weighted by molar-refractivity contribution is 6.01. The molecule has 0 unspecified atom stereocenters. The van der Waals surface area contributed by atoms with Gasteiger partial charge in [-0.2, -0.15) is 13.2 Å². The van der Waals surface area contributed by atoms with E-state index < -0.39 is 28.5 Å². The Morgan fingerprint density at radius 2 is 1.89 bits per heavy atom. The van der Waals surface area contributed by atoms with Gasteiger partial charge in [0.05, 0.1) is 10.5 Å². The highest BCUT2D eigenvalue weighted by Gasteiger charge is 2.38. The molecule has 0 heterocycles. The molecule has 1 rings (SSSR count). The van der Waals surface area contributed by atoms with E-state index in [0.29, 0.717) is 0 Å². The van der Waals surface area contributed by atoms with E-state index in [2.05, 4.69) is 0 Å². The Labute approximate surface area is 104 Å². The van der Waals surface area contributed by atoms with E-state index >= 15 is 0 Å². The van der Waals surface area contributed by atoms with Crippen LogP contribution in [-0.4, -0.2) is 22.8 Å². The van der Waals surface area contributed by atoms with Crippen molar-refractivity contribution in [2.45, 2.75) is 13.1 Å². The number of hydrogen-bond donors (Lipinski definition) is 1. The van der Waals surface area contributed by atoms with E-state index in [4.69, 9.17) is 0 Å². The molecule has 0 aliphatic heterocycles. The van der Waals surface area contributed by atoms with Crippen LogP contribution in [0.25, 0.3) is 0 Å². The van der Waals surface area contributed by atoms with Crippen LogP contribution in [0.4, 0.5) is 24.5 Å². The molecule has 0 saturated carbocycles. The van der Waals surface area contributed by atoms with E-state index in [-0.39, 0.29) is 11.3 Å². The second kappa shape index (κ2) is 5.04. The summed E-state index contributed by atoms with van der Waals surface area (Å²) in [5.74, 6) is -2.93. The zero-order valence-electron chi connectivity index (χ0n) is 9.45. The lowest BCUT2D eigenvalue weighted by molar-refractivity contribution is -0.385. The third kappa shape index (κ3) is 3.50. The topological polar surface area (TPSA) is 89.3 Å². The summed E-state index contributed by atoms with van der Waals surface area (Å²) in [5.41, 5.74) is -1.28. The highest BCUT2D eigenvalue weighted by Crippen LogP contribution is 2.24. The molecule has 9 heteroatoms. The minimum atomic E-state index is -5.09. The molecule has 0 aromatic heterocycles. The van der Waals surface area contributed by atoms with Gasteiger partial charge in [0.2, 0.25) is 0 Å². The molecule has 0 aliphatic carbocycles. The molecule has 0 radical (unpaired) electrons. The second-order valence-corrected chi connectivity index (χ2v) is 3.50. The van der Waals surface area contributed by atoms with Gasteiger partial charge in [0.1, 0.15) is 0 Å². The third-order valence-corrected chi connectivity index (χ3v) is 2.09. The minimum absolute atomic E-state index is 0.349. The lowest BCUT2D eigenvalue weighted by Crippen LogP contribution is -2.30. The third-order valence-electron chi connectivity index (χ3n) is 2.09. The number of rotatable bonds is 3. The fourth-order valence-corrected chi connectivity index (χ4v) is 1.26. The molecule has 102 valence electrons. The maximum absolute atomic E-state index is 12.0. The van der Waals surface area contributed by atoms with E-state index in [1.807, 2.05) is 0 Å². The molecule has 0 atom stereocenters. The van der Waals surface area contributed by atoms with Gasteiger partial charge in [0.15, 0.2) is 5.78 Å². The van der Waals surface area contributed by atoms with Crippen molar-refractivity contribution in [3.8, 4) is 0 Å². The van der Waals surface area contributed by atoms with Crippen molar-refractivity contribution >= 4 is 23.1 Å². The summed E-state index contributed by atoms with van der Waals surface area (Å²) < 4.78 is 36.0. The van der Waals surface area contributed by atoms with Crippen LogP contribution in [0.1, 0.15) is 17.3 Å². The summed E-state index contributed by atoms with van der Waals surface area (Å²) in [6, 6.07) is 2.58. The van der Waals surface area contributed by atoms with E-state index in [1.54, 1.807) is 0 Å². The first-order chi connectivity index (χ1) is 8.62. The van der Waals surface area contributed by atoms with E-state index in [0.717, 1.165) is 25.1 Å². The van der Waals surface area contributed by atoms with Crippen LogP contribution in [0.3, 0.4) is 0 Å². The zero-order valence-corrected chi connectivity index (χ0v) is 9.45. The molecule has 1 amide bonds. The number of nitro benzene ring substituents is 1. The number of benzene rings is 1. The standard InChI is InChI=1S/C10H7F3N2O4/c1-5(16)7-4-6(2-3-8(7)15(18)19)14-9(17)10(11,12)13/h2-4H,1H3,(H,14,17). The van der Waals surface area contributed by atoms with Crippen molar-refractivity contribution in [3.05, 3.63) is 33.9 Å². The largest absolute Gasteiger partial charge is 0.471 e. The van der Waals surface area contributed by atoms with Gasteiger partial charge >= 0.3 is 12.1 Å². The molecule has 1 N–H and O–H groups in total. The number of carbonyl (C=O) groups is 2. The average molecular weight is 276 g/mol. The predicted molar refractivity (Wildman–Crippen MR) is 57.8 cm³/mol. The average Bonchev–Trinajstić information content (AvgIpc) is 2.27. The zero-order chi connectivity index (χ0) is 14.8. The summed E-state index contributed by atoms with van der Waals surface area (Å²) in [4.78, 5) is 31.6. The summed E-state index contributed by atoms with van der Waals surface area (Å²) in [6.45, 7) is 1.03. The van der Waals surface area contributed by atoms with Crippen molar-refractivity contribution in [2.24, 2.45) is 0 Å². The number of carbonyl (C=O) groups excluding carboxylic acids is 2. The molecule has 0 aliphatic rings. The highest BCUT2D eigenvalue weighted by atomic mass is 19.4. The maximum atomic E-state index is 12.0. The van der Waals surface area contributed by atoms with Crippen molar-refractivity contribution in [1.82, 2.24) is 0 Å². The van der Waals surface area contributed by atoms with Crippen LogP contribution in [-0.2, 0) is 4.79 Å². The number of amides is 1. The monoisotopic (exact) mass is 276 g/mol. The molecule has 1 aromatic rings. The van der Waals surface area contributed by atoms with Crippen LogP contribution in [0.2, 0.25) is 0 Å². The number of alkyl halides is 3. The van der Waals surface area contributed by atoms with E-state index in [1.165, 1.54) is 5.32 Å². The van der Waals surface area contributed by atoms with E-state index in [9.17, 15) is 32.9 Å². The number of nitrogens with one attached hydrogen (secondary N) is 1. The Morgan fingerprint density at radius 3 is 2.32 bits per heavy atom. The Balaban J connectivity index is 3.13. The van der Waals surface area contributed by atoms with Gasteiger partial charge in [-0.25, -0.2) is 0 Å². The van der Waals surface area contributed by atoms with Crippen molar-refractivity contribution in [1.29, 1.82) is 0 Å². The summed E-state index contributed by atoms with van der Waals surface area (Å²) in [6.07, 6.45) is -5.09. The van der Waals surface area contributed by atoms with Gasteiger partial charge in [-0.15, -0.1) is 0 Å². The molecule has 0 fully saturated rings. The van der Waals surface area contributed by atoms with Gasteiger partial charge in [0.25, 0.3) is 5.69 Å². The van der Waals surface area contributed by atoms with Crippen LogP contribution >= 0.6 is 0 Å². The SMILES string of the molecule is CC(=O)c1cc(NC(=O)C(F)(F)F)ccc1[N+](=O)[O-]. The van der Waals surface area contributed by atoms with Gasteiger partial charge in [0, 0.05) is 11.8 Å². The smallest absolute Gasteiger partial charge is 0.318 e. The van der Waals surface area contributed by atoms with Crippen LogP contribution in [0.5, 0.6) is 0 Å². The summed E-state index contributed by atoms with van der Waals surface area (Å²) in [5, 5.41) is 12.1. The molecular weight excluding hydrogens is 269 g/mol. The van der Waals surface area contributed by atoms with Crippen LogP contribution in [0.15, 0.2) is 18.2 Å². The number of hydrogen-bond acceptors (Lipinski definition) is 4. The number of nitro groups is 1. The Bertz CT molecular complexity index is 554. The molecule has 6 nitrogen and oxygen atoms in total. The van der Waals surface area contributed by atoms with Gasteiger partial charge in [-0.3, -0.25) is 19.7 Å². The number of anilines is 1. The fourth-order valence-electron chi connectivity index (χ4n) is 1.26. The predicted octanol–water partition coefficient (Wildman–Crippen LogP) is 2.30. The minimum Gasteiger partial charge on any atom is -0.318 e. The molecule has 0 bridgehead atoms. The molecule has 0 saturated heterocycles.